The van der Waals surface area contributed by atoms with Crippen LogP contribution in [0.4, 0.5) is 4.79 Å². The molecule has 0 radical (unpaired) electrons. The first-order valence-electron chi connectivity index (χ1n) is 12.1. The quantitative estimate of drug-likeness (QED) is 0.414. The Morgan fingerprint density at radius 2 is 1.97 bits per heavy atom. The molecular weight excluding hydrogens is 512 g/mol. The summed E-state index contributed by atoms with van der Waals surface area (Å²) in [6, 6.07) is 9.54. The lowest BCUT2D eigenvalue weighted by Gasteiger charge is -2.26. The number of imide groups is 1. The zero-order valence-electron chi connectivity index (χ0n) is 20.3. The minimum Gasteiger partial charge on any atom is -0.492 e. The Kier molecular flexibility index (Phi) is 7.38. The van der Waals surface area contributed by atoms with Gasteiger partial charge >= 0.3 is 6.03 Å². The van der Waals surface area contributed by atoms with Crippen LogP contribution in [0.5, 0.6) is 5.75 Å². The van der Waals surface area contributed by atoms with Crippen molar-refractivity contribution in [3.8, 4) is 22.6 Å². The number of ether oxygens (including phenoxy) is 1. The molecule has 1 aromatic carbocycles. The van der Waals surface area contributed by atoms with E-state index < -0.39 is 17.9 Å². The molecule has 196 valence electrons. The van der Waals surface area contributed by atoms with Crippen molar-refractivity contribution in [3.63, 3.8) is 0 Å². The molecule has 0 aliphatic carbocycles. The number of benzene rings is 1. The van der Waals surface area contributed by atoms with Crippen molar-refractivity contribution >= 4 is 29.4 Å². The number of nitrogens with one attached hydrogen (secondary N) is 3. The summed E-state index contributed by atoms with van der Waals surface area (Å²) in [5.41, 5.74) is 1.52. The minimum atomic E-state index is -0.702. The fourth-order valence-electron chi connectivity index (χ4n) is 4.46. The van der Waals surface area contributed by atoms with Gasteiger partial charge in [-0.1, -0.05) is 11.6 Å². The van der Waals surface area contributed by atoms with Crippen LogP contribution in [-0.4, -0.2) is 71.6 Å². The van der Waals surface area contributed by atoms with Crippen LogP contribution in [0.2, 0.25) is 5.02 Å². The maximum atomic E-state index is 13.6. The Hall–Kier alpha value is -4.22. The molecule has 11 nitrogen and oxygen atoms in total. The second kappa shape index (κ2) is 11.0. The maximum absolute atomic E-state index is 13.6. The summed E-state index contributed by atoms with van der Waals surface area (Å²) in [5.74, 6) is -0.712. The highest BCUT2D eigenvalue weighted by molar-refractivity contribution is 6.31. The fraction of sp³-hybridized carbons (Fsp3) is 0.269. The van der Waals surface area contributed by atoms with Gasteiger partial charge in [0.1, 0.15) is 12.4 Å². The smallest absolute Gasteiger partial charge is 0.321 e. The Morgan fingerprint density at radius 1 is 1.11 bits per heavy atom. The molecule has 1 unspecified atom stereocenters. The number of amides is 4. The monoisotopic (exact) mass is 536 g/mol. The summed E-state index contributed by atoms with van der Waals surface area (Å²) in [6.45, 7) is 2.64. The van der Waals surface area contributed by atoms with Crippen molar-refractivity contribution in [1.82, 2.24) is 30.4 Å². The van der Waals surface area contributed by atoms with E-state index in [0.717, 1.165) is 6.54 Å². The fourth-order valence-corrected chi connectivity index (χ4v) is 4.69. The molecule has 2 aliphatic rings. The molecule has 1 atom stereocenters. The van der Waals surface area contributed by atoms with Gasteiger partial charge in [-0.2, -0.15) is 0 Å². The summed E-state index contributed by atoms with van der Waals surface area (Å²) >= 11 is 6.41. The van der Waals surface area contributed by atoms with Crippen LogP contribution >= 0.6 is 11.6 Å². The molecule has 0 spiro atoms. The molecule has 0 saturated carbocycles. The van der Waals surface area contributed by atoms with E-state index >= 15 is 0 Å². The first-order chi connectivity index (χ1) is 18.4. The summed E-state index contributed by atoms with van der Waals surface area (Å²) in [5, 5.41) is 8.06. The number of urea groups is 1. The van der Waals surface area contributed by atoms with Gasteiger partial charge in [0.2, 0.25) is 11.8 Å². The molecule has 2 aliphatic heterocycles. The number of nitrogens with zero attached hydrogens (tertiary/aromatic N) is 3. The summed E-state index contributed by atoms with van der Waals surface area (Å²) in [6.07, 6.45) is 4.73. The van der Waals surface area contributed by atoms with E-state index in [0.29, 0.717) is 59.4 Å². The second-order valence-corrected chi connectivity index (χ2v) is 9.41. The van der Waals surface area contributed by atoms with Crippen molar-refractivity contribution < 1.29 is 19.1 Å². The highest BCUT2D eigenvalue weighted by Gasteiger charge is 2.29. The molecule has 5 rings (SSSR count). The van der Waals surface area contributed by atoms with E-state index in [1.165, 1.54) is 4.57 Å². The lowest BCUT2D eigenvalue weighted by molar-refractivity contribution is -0.124. The number of pyridine rings is 2. The van der Waals surface area contributed by atoms with Gasteiger partial charge in [0.15, 0.2) is 0 Å². The van der Waals surface area contributed by atoms with Crippen molar-refractivity contribution in [2.24, 2.45) is 0 Å². The summed E-state index contributed by atoms with van der Waals surface area (Å²) < 4.78 is 7.35. The minimum absolute atomic E-state index is 0.0164. The van der Waals surface area contributed by atoms with E-state index in [1.54, 1.807) is 55.0 Å². The molecule has 3 N–H and O–H groups in total. The maximum Gasteiger partial charge on any atom is 0.321 e. The number of rotatable bonds is 7. The second-order valence-electron chi connectivity index (χ2n) is 8.98. The Balaban J connectivity index is 1.48. The van der Waals surface area contributed by atoms with Gasteiger partial charge in [0.05, 0.1) is 24.3 Å². The number of aromatic nitrogens is 2. The third-order valence-electron chi connectivity index (χ3n) is 6.36. The van der Waals surface area contributed by atoms with Gasteiger partial charge in [-0.25, -0.2) is 4.79 Å². The van der Waals surface area contributed by atoms with Crippen LogP contribution in [0.3, 0.4) is 0 Å². The van der Waals surface area contributed by atoms with Crippen molar-refractivity contribution in [2.75, 3.05) is 39.3 Å². The third-order valence-corrected chi connectivity index (χ3v) is 6.58. The van der Waals surface area contributed by atoms with E-state index in [4.69, 9.17) is 16.3 Å². The van der Waals surface area contributed by atoms with Gasteiger partial charge in [-0.3, -0.25) is 34.2 Å². The van der Waals surface area contributed by atoms with Crippen LogP contribution < -0.4 is 26.2 Å². The number of carbonyl (C=O) groups excluding carboxylic acids is 3. The molecule has 3 aromatic rings. The normalized spacial score (nSPS) is 17.9. The zero-order valence-corrected chi connectivity index (χ0v) is 21.0. The third kappa shape index (κ3) is 5.68. The summed E-state index contributed by atoms with van der Waals surface area (Å²) in [7, 11) is 0. The molecule has 0 bridgehead atoms. The van der Waals surface area contributed by atoms with E-state index in [9.17, 15) is 19.2 Å². The lowest BCUT2D eigenvalue weighted by atomic mass is 9.95. The highest BCUT2D eigenvalue weighted by Crippen LogP contribution is 2.29. The van der Waals surface area contributed by atoms with E-state index in [1.807, 2.05) is 4.90 Å². The van der Waals surface area contributed by atoms with Crippen LogP contribution in [0, 0.1) is 0 Å². The van der Waals surface area contributed by atoms with Gasteiger partial charge in [0, 0.05) is 49.2 Å². The van der Waals surface area contributed by atoms with E-state index in [2.05, 4.69) is 20.9 Å². The van der Waals surface area contributed by atoms with Crippen LogP contribution in [0.1, 0.15) is 11.5 Å². The van der Waals surface area contributed by atoms with E-state index in [-0.39, 0.29) is 18.0 Å². The van der Waals surface area contributed by atoms with Gasteiger partial charge in [-0.05, 0) is 47.5 Å². The molecule has 4 amide bonds. The SMILES string of the molecule is O=C1CN(CCOc2cc(Cl)cc(-c3cc(C4CNC(=O)NC4=O)cn(-c4cccnc4)c3=O)c2)CCN1. The van der Waals surface area contributed by atoms with Gasteiger partial charge in [0.25, 0.3) is 5.56 Å². The van der Waals surface area contributed by atoms with Gasteiger partial charge < -0.3 is 15.4 Å². The van der Waals surface area contributed by atoms with Crippen molar-refractivity contribution in [3.05, 3.63) is 75.9 Å². The first-order valence-corrected chi connectivity index (χ1v) is 12.4. The largest absolute Gasteiger partial charge is 0.492 e. The number of halogens is 1. The highest BCUT2D eigenvalue weighted by atomic mass is 35.5. The molecule has 38 heavy (non-hydrogen) atoms. The topological polar surface area (TPSA) is 135 Å². The van der Waals surface area contributed by atoms with Crippen molar-refractivity contribution in [1.29, 1.82) is 0 Å². The van der Waals surface area contributed by atoms with Crippen LogP contribution in [0.25, 0.3) is 16.8 Å². The van der Waals surface area contributed by atoms with Crippen LogP contribution in [-0.2, 0) is 9.59 Å². The number of piperazine rings is 1. The number of hydrogen-bond donors (Lipinski definition) is 3. The Morgan fingerprint density at radius 3 is 2.74 bits per heavy atom. The molecule has 2 fully saturated rings. The van der Waals surface area contributed by atoms with Crippen LogP contribution in [0.15, 0.2) is 59.8 Å². The molecule has 12 heteroatoms. The number of hydrogen-bond acceptors (Lipinski definition) is 7. The molecule has 2 saturated heterocycles. The predicted molar refractivity (Wildman–Crippen MR) is 140 cm³/mol. The summed E-state index contributed by atoms with van der Waals surface area (Å²) in [4.78, 5) is 55.6. The average Bonchev–Trinajstić information content (AvgIpc) is 2.89. The standard InChI is InChI=1S/C26H25ClN6O5/c27-18-8-16(9-20(11-18)38-7-6-32-5-4-29-23(34)15-32)21-10-17(22-13-30-26(37)31-24(22)35)14-33(25(21)36)19-2-1-3-28-12-19/h1-3,8-12,14,22H,4-7,13,15H2,(H,29,34)(H2,30,31,35,37). The zero-order chi connectivity index (χ0) is 26.6. The predicted octanol–water partition coefficient (Wildman–Crippen LogP) is 1.29. The lowest BCUT2D eigenvalue weighted by Crippen LogP contribution is -2.51. The Bertz CT molecular complexity index is 1440. The van der Waals surface area contributed by atoms with Gasteiger partial charge in [-0.15, -0.1) is 0 Å². The molecule has 4 heterocycles. The molecule has 2 aromatic heterocycles. The molecular formula is C26H25ClN6O5. The number of carbonyl (C=O) groups is 3. The average molecular weight is 537 g/mol. The van der Waals surface area contributed by atoms with Crippen molar-refractivity contribution in [2.45, 2.75) is 5.92 Å². The first kappa shape index (κ1) is 25.4. The Labute approximate surface area is 222 Å².